The molecule has 0 aromatic heterocycles. The standard InChI is InChI=1S/C25H33BrO/c1-2-3-4-5-6-7-8-9-10-11-21-12-16-23(17-13-21)25(27)20-22-14-18-24(26)19-15-22/h12-19H,2-11,20H2,1H3. The third-order valence-corrected chi connectivity index (χ3v) is 5.65. The highest BCUT2D eigenvalue weighted by molar-refractivity contribution is 9.10. The molecule has 2 aromatic carbocycles. The van der Waals surface area contributed by atoms with Crippen molar-refractivity contribution in [3.8, 4) is 0 Å². The monoisotopic (exact) mass is 428 g/mol. The summed E-state index contributed by atoms with van der Waals surface area (Å²) in [7, 11) is 0. The van der Waals surface area contributed by atoms with Gasteiger partial charge in [-0.25, -0.2) is 0 Å². The second-order valence-corrected chi connectivity index (χ2v) is 8.42. The van der Waals surface area contributed by atoms with Gasteiger partial charge in [0.1, 0.15) is 0 Å². The van der Waals surface area contributed by atoms with Crippen molar-refractivity contribution in [2.75, 3.05) is 0 Å². The molecule has 0 amide bonds. The van der Waals surface area contributed by atoms with Crippen molar-refractivity contribution in [3.05, 3.63) is 69.7 Å². The minimum Gasteiger partial charge on any atom is -0.294 e. The van der Waals surface area contributed by atoms with Gasteiger partial charge < -0.3 is 0 Å². The van der Waals surface area contributed by atoms with Crippen LogP contribution in [0.3, 0.4) is 0 Å². The number of aryl methyl sites for hydroxylation is 1. The van der Waals surface area contributed by atoms with Gasteiger partial charge in [0.2, 0.25) is 0 Å². The van der Waals surface area contributed by atoms with Crippen molar-refractivity contribution >= 4 is 21.7 Å². The molecule has 0 saturated heterocycles. The molecule has 2 heteroatoms. The second kappa shape index (κ2) is 12.9. The Kier molecular flexibility index (Phi) is 10.4. The van der Waals surface area contributed by atoms with Crippen LogP contribution < -0.4 is 0 Å². The van der Waals surface area contributed by atoms with E-state index in [1.54, 1.807) is 0 Å². The van der Waals surface area contributed by atoms with Crippen molar-refractivity contribution in [3.63, 3.8) is 0 Å². The third-order valence-electron chi connectivity index (χ3n) is 5.12. The molecule has 0 fully saturated rings. The van der Waals surface area contributed by atoms with Crippen LogP contribution in [0.15, 0.2) is 53.0 Å². The number of benzene rings is 2. The van der Waals surface area contributed by atoms with E-state index >= 15 is 0 Å². The lowest BCUT2D eigenvalue weighted by atomic mass is 9.99. The third kappa shape index (κ3) is 8.88. The first-order valence-electron chi connectivity index (χ1n) is 10.6. The quantitative estimate of drug-likeness (QED) is 0.233. The van der Waals surface area contributed by atoms with Crippen LogP contribution in [0.1, 0.15) is 86.2 Å². The first-order valence-corrected chi connectivity index (χ1v) is 11.3. The smallest absolute Gasteiger partial charge is 0.167 e. The van der Waals surface area contributed by atoms with Crippen LogP contribution in [0.25, 0.3) is 0 Å². The number of unbranched alkanes of at least 4 members (excludes halogenated alkanes) is 8. The lowest BCUT2D eigenvalue weighted by Crippen LogP contribution is -2.03. The van der Waals surface area contributed by atoms with E-state index < -0.39 is 0 Å². The molecule has 0 bridgehead atoms. The lowest BCUT2D eigenvalue weighted by Gasteiger charge is -2.05. The Balaban J connectivity index is 1.64. The molecule has 0 aliphatic heterocycles. The van der Waals surface area contributed by atoms with Gasteiger partial charge >= 0.3 is 0 Å². The number of halogens is 1. The molecular weight excluding hydrogens is 396 g/mol. The molecule has 146 valence electrons. The summed E-state index contributed by atoms with van der Waals surface area (Å²) >= 11 is 3.43. The number of rotatable bonds is 13. The minimum absolute atomic E-state index is 0.187. The zero-order valence-corrected chi connectivity index (χ0v) is 18.3. The van der Waals surface area contributed by atoms with Gasteiger partial charge in [0.05, 0.1) is 0 Å². The maximum Gasteiger partial charge on any atom is 0.167 e. The summed E-state index contributed by atoms with van der Waals surface area (Å²) in [5.74, 6) is 0.187. The molecule has 0 spiro atoms. The Morgan fingerprint density at radius 2 is 1.22 bits per heavy atom. The van der Waals surface area contributed by atoms with Crippen molar-refractivity contribution in [1.82, 2.24) is 0 Å². The molecule has 2 rings (SSSR count). The van der Waals surface area contributed by atoms with Crippen LogP contribution in [-0.4, -0.2) is 5.78 Å². The predicted octanol–water partition coefficient (Wildman–Crippen LogP) is 7.95. The Hall–Kier alpha value is -1.41. The van der Waals surface area contributed by atoms with Crippen molar-refractivity contribution in [2.45, 2.75) is 77.6 Å². The molecule has 0 heterocycles. The highest BCUT2D eigenvalue weighted by atomic mass is 79.9. The zero-order chi connectivity index (χ0) is 19.3. The van der Waals surface area contributed by atoms with Crippen LogP contribution in [0.2, 0.25) is 0 Å². The van der Waals surface area contributed by atoms with E-state index in [9.17, 15) is 4.79 Å². The summed E-state index contributed by atoms with van der Waals surface area (Å²) < 4.78 is 1.04. The summed E-state index contributed by atoms with van der Waals surface area (Å²) in [5, 5.41) is 0. The average molecular weight is 429 g/mol. The topological polar surface area (TPSA) is 17.1 Å². The van der Waals surface area contributed by atoms with E-state index in [1.807, 2.05) is 36.4 Å². The number of carbonyl (C=O) groups excluding carboxylic acids is 1. The SMILES string of the molecule is CCCCCCCCCCCc1ccc(C(=O)Cc2ccc(Br)cc2)cc1. The summed E-state index contributed by atoms with van der Waals surface area (Å²) in [6.07, 6.45) is 13.8. The molecule has 27 heavy (non-hydrogen) atoms. The van der Waals surface area contributed by atoms with Crippen LogP contribution in [0.5, 0.6) is 0 Å². The number of hydrogen-bond acceptors (Lipinski definition) is 1. The van der Waals surface area contributed by atoms with E-state index in [0.717, 1.165) is 22.0 Å². The Morgan fingerprint density at radius 3 is 1.81 bits per heavy atom. The van der Waals surface area contributed by atoms with E-state index in [-0.39, 0.29) is 5.78 Å². The van der Waals surface area contributed by atoms with Gasteiger partial charge in [0, 0.05) is 16.5 Å². The Morgan fingerprint density at radius 1 is 0.704 bits per heavy atom. The van der Waals surface area contributed by atoms with Gasteiger partial charge in [0.25, 0.3) is 0 Å². The Labute approximate surface area is 173 Å². The van der Waals surface area contributed by atoms with Gasteiger partial charge in [-0.1, -0.05) is 111 Å². The fraction of sp³-hybridized carbons (Fsp3) is 0.480. The first-order chi connectivity index (χ1) is 13.2. The number of Topliss-reactive ketones (excluding diaryl/α,β-unsaturated/α-hetero) is 1. The number of hydrogen-bond donors (Lipinski definition) is 0. The molecule has 1 nitrogen and oxygen atoms in total. The summed E-state index contributed by atoms with van der Waals surface area (Å²) in [6.45, 7) is 2.27. The molecule has 0 saturated carbocycles. The summed E-state index contributed by atoms with van der Waals surface area (Å²) in [5.41, 5.74) is 3.22. The van der Waals surface area contributed by atoms with E-state index in [0.29, 0.717) is 6.42 Å². The summed E-state index contributed by atoms with van der Waals surface area (Å²) in [6, 6.07) is 16.2. The van der Waals surface area contributed by atoms with Crippen LogP contribution in [0, 0.1) is 0 Å². The van der Waals surface area contributed by atoms with Gasteiger partial charge in [-0.15, -0.1) is 0 Å². The highest BCUT2D eigenvalue weighted by Crippen LogP contribution is 2.15. The molecule has 0 radical (unpaired) electrons. The molecule has 0 unspecified atom stereocenters. The molecular formula is C25H33BrO. The van der Waals surface area contributed by atoms with E-state index in [4.69, 9.17) is 0 Å². The largest absolute Gasteiger partial charge is 0.294 e. The molecule has 0 atom stereocenters. The van der Waals surface area contributed by atoms with E-state index in [2.05, 4.69) is 35.0 Å². The molecule has 0 N–H and O–H groups in total. The lowest BCUT2D eigenvalue weighted by molar-refractivity contribution is 0.0993. The normalized spacial score (nSPS) is 10.9. The molecule has 2 aromatic rings. The fourth-order valence-electron chi connectivity index (χ4n) is 3.39. The highest BCUT2D eigenvalue weighted by Gasteiger charge is 2.07. The second-order valence-electron chi connectivity index (χ2n) is 7.50. The Bertz CT molecular complexity index is 658. The zero-order valence-electron chi connectivity index (χ0n) is 16.7. The maximum absolute atomic E-state index is 12.4. The number of ketones is 1. The van der Waals surface area contributed by atoms with Crippen LogP contribution >= 0.6 is 15.9 Å². The van der Waals surface area contributed by atoms with Gasteiger partial charge in [-0.2, -0.15) is 0 Å². The van der Waals surface area contributed by atoms with Gasteiger partial charge in [0.15, 0.2) is 5.78 Å². The fourth-order valence-corrected chi connectivity index (χ4v) is 3.65. The van der Waals surface area contributed by atoms with Crippen LogP contribution in [-0.2, 0) is 12.8 Å². The van der Waals surface area contributed by atoms with Gasteiger partial charge in [-0.3, -0.25) is 4.79 Å². The number of carbonyl (C=O) groups is 1. The minimum atomic E-state index is 0.187. The predicted molar refractivity (Wildman–Crippen MR) is 120 cm³/mol. The average Bonchev–Trinajstić information content (AvgIpc) is 2.69. The van der Waals surface area contributed by atoms with Crippen molar-refractivity contribution in [2.24, 2.45) is 0 Å². The van der Waals surface area contributed by atoms with Crippen LogP contribution in [0.4, 0.5) is 0 Å². The van der Waals surface area contributed by atoms with E-state index in [1.165, 1.54) is 63.4 Å². The molecule has 0 aliphatic rings. The molecule has 0 aliphatic carbocycles. The van der Waals surface area contributed by atoms with Gasteiger partial charge in [-0.05, 0) is 36.1 Å². The first kappa shape index (κ1) is 21.9. The summed E-state index contributed by atoms with van der Waals surface area (Å²) in [4.78, 5) is 12.4. The van der Waals surface area contributed by atoms with Crippen molar-refractivity contribution < 1.29 is 4.79 Å². The van der Waals surface area contributed by atoms with Crippen molar-refractivity contribution in [1.29, 1.82) is 0 Å². The maximum atomic E-state index is 12.4.